The molecule has 2 aromatic rings. The number of halogens is 1. The summed E-state index contributed by atoms with van der Waals surface area (Å²) in [5, 5.41) is 0.926. The van der Waals surface area contributed by atoms with Crippen molar-refractivity contribution < 1.29 is 9.21 Å². The van der Waals surface area contributed by atoms with Gasteiger partial charge in [0, 0.05) is 5.02 Å². The van der Waals surface area contributed by atoms with Crippen LogP contribution in [0.2, 0.25) is 5.02 Å². The summed E-state index contributed by atoms with van der Waals surface area (Å²) in [7, 11) is 0. The van der Waals surface area contributed by atoms with Crippen molar-refractivity contribution in [1.82, 2.24) is 0 Å². The van der Waals surface area contributed by atoms with Crippen LogP contribution in [0.4, 0.5) is 0 Å². The highest BCUT2D eigenvalue weighted by molar-refractivity contribution is 6.33. The maximum Gasteiger partial charge on any atom is 0.204 e. The van der Waals surface area contributed by atoms with Crippen molar-refractivity contribution in [3.05, 3.63) is 43.8 Å². The van der Waals surface area contributed by atoms with E-state index in [9.17, 15) is 9.59 Å². The number of ketones is 1. The number of aryl methyl sites for hydroxylation is 3. The summed E-state index contributed by atoms with van der Waals surface area (Å²) in [6.45, 7) is 6.59. The second-order valence-electron chi connectivity index (χ2n) is 4.42. The molecule has 0 saturated carbocycles. The van der Waals surface area contributed by atoms with Crippen LogP contribution in [0.5, 0.6) is 0 Å². The average molecular weight is 265 g/mol. The molecule has 94 valence electrons. The van der Waals surface area contributed by atoms with E-state index in [1.54, 1.807) is 19.9 Å². The Kier molecular flexibility index (Phi) is 3.03. The van der Waals surface area contributed by atoms with E-state index in [1.807, 2.05) is 6.92 Å². The molecule has 4 heteroatoms. The minimum Gasteiger partial charge on any atom is -0.460 e. The first-order valence-electron chi connectivity index (χ1n) is 5.58. The van der Waals surface area contributed by atoms with Gasteiger partial charge in [-0.05, 0) is 44.9 Å². The van der Waals surface area contributed by atoms with Crippen LogP contribution in [0.25, 0.3) is 11.0 Å². The van der Waals surface area contributed by atoms with E-state index in [2.05, 4.69) is 0 Å². The van der Waals surface area contributed by atoms with Crippen LogP contribution in [0.15, 0.2) is 15.3 Å². The number of benzene rings is 1. The predicted molar refractivity (Wildman–Crippen MR) is 71.7 cm³/mol. The molecule has 1 aromatic carbocycles. The first kappa shape index (κ1) is 12.8. The molecule has 0 aliphatic heterocycles. The Morgan fingerprint density at radius 2 is 1.89 bits per heavy atom. The zero-order valence-corrected chi connectivity index (χ0v) is 11.4. The Balaban J connectivity index is 3.08. The Morgan fingerprint density at radius 3 is 2.44 bits per heavy atom. The third-order valence-corrected chi connectivity index (χ3v) is 3.65. The number of rotatable bonds is 1. The van der Waals surface area contributed by atoms with Crippen LogP contribution < -0.4 is 5.43 Å². The van der Waals surface area contributed by atoms with E-state index >= 15 is 0 Å². The van der Waals surface area contributed by atoms with Crippen molar-refractivity contribution >= 4 is 28.4 Å². The third-order valence-electron chi connectivity index (χ3n) is 3.07. The topological polar surface area (TPSA) is 47.3 Å². The van der Waals surface area contributed by atoms with E-state index in [0.717, 1.165) is 5.56 Å². The molecule has 1 heterocycles. The van der Waals surface area contributed by atoms with Crippen LogP contribution in [0.3, 0.4) is 0 Å². The van der Waals surface area contributed by atoms with Gasteiger partial charge in [-0.3, -0.25) is 9.59 Å². The predicted octanol–water partition coefficient (Wildman–Crippen LogP) is 3.57. The summed E-state index contributed by atoms with van der Waals surface area (Å²) < 4.78 is 5.57. The number of hydrogen-bond acceptors (Lipinski definition) is 3. The first-order valence-corrected chi connectivity index (χ1v) is 5.96. The average Bonchev–Trinajstić information content (AvgIpc) is 2.24. The van der Waals surface area contributed by atoms with Gasteiger partial charge in [-0.2, -0.15) is 0 Å². The lowest BCUT2D eigenvalue weighted by Gasteiger charge is -2.09. The lowest BCUT2D eigenvalue weighted by molar-refractivity contribution is 0.101. The molecule has 2 rings (SSSR count). The summed E-state index contributed by atoms with van der Waals surface area (Å²) in [6, 6.07) is 1.73. The number of Topliss-reactive ketones (excluding diaryl/α,β-unsaturated/α-hetero) is 1. The van der Waals surface area contributed by atoms with E-state index in [-0.39, 0.29) is 16.8 Å². The van der Waals surface area contributed by atoms with Gasteiger partial charge in [-0.15, -0.1) is 0 Å². The highest BCUT2D eigenvalue weighted by Gasteiger charge is 2.18. The molecule has 0 bridgehead atoms. The molecule has 0 saturated heterocycles. The standard InChI is InChI=1S/C14H13ClO3/c1-6-5-10-11(7(2)13(6)15)14(17)12(8(3)16)9(4)18-10/h5H,1-4H3. The first-order chi connectivity index (χ1) is 8.34. The fourth-order valence-electron chi connectivity index (χ4n) is 2.19. The van der Waals surface area contributed by atoms with Crippen LogP contribution in [0, 0.1) is 20.8 Å². The number of hydrogen-bond donors (Lipinski definition) is 0. The van der Waals surface area contributed by atoms with Gasteiger partial charge in [-0.1, -0.05) is 11.6 Å². The molecule has 0 spiro atoms. The zero-order chi connectivity index (χ0) is 13.6. The van der Waals surface area contributed by atoms with Gasteiger partial charge < -0.3 is 4.42 Å². The van der Waals surface area contributed by atoms with Crippen molar-refractivity contribution in [1.29, 1.82) is 0 Å². The minimum absolute atomic E-state index is 0.102. The van der Waals surface area contributed by atoms with Crippen LogP contribution in [-0.2, 0) is 0 Å². The van der Waals surface area contributed by atoms with E-state index in [4.69, 9.17) is 16.0 Å². The minimum atomic E-state index is -0.305. The monoisotopic (exact) mass is 264 g/mol. The van der Waals surface area contributed by atoms with Gasteiger partial charge in [0.1, 0.15) is 16.9 Å². The van der Waals surface area contributed by atoms with Crippen LogP contribution >= 0.6 is 11.6 Å². The third kappa shape index (κ3) is 1.75. The number of carbonyl (C=O) groups excluding carboxylic acids is 1. The quantitative estimate of drug-likeness (QED) is 0.740. The Labute approximate surface area is 109 Å². The van der Waals surface area contributed by atoms with Gasteiger partial charge in [0.2, 0.25) is 5.43 Å². The molecule has 18 heavy (non-hydrogen) atoms. The van der Waals surface area contributed by atoms with Crippen molar-refractivity contribution in [2.24, 2.45) is 0 Å². The highest BCUT2D eigenvalue weighted by atomic mass is 35.5. The van der Waals surface area contributed by atoms with Gasteiger partial charge in [0.15, 0.2) is 5.78 Å². The van der Waals surface area contributed by atoms with Crippen molar-refractivity contribution in [3.63, 3.8) is 0 Å². The molecule has 0 radical (unpaired) electrons. The maximum atomic E-state index is 12.3. The van der Waals surface area contributed by atoms with Crippen LogP contribution in [-0.4, -0.2) is 5.78 Å². The van der Waals surface area contributed by atoms with Gasteiger partial charge in [0.05, 0.1) is 5.39 Å². The Bertz CT molecular complexity index is 726. The SMILES string of the molecule is CC(=O)c1c(C)oc2cc(C)c(Cl)c(C)c2c1=O. The fraction of sp³-hybridized carbons (Fsp3) is 0.286. The zero-order valence-electron chi connectivity index (χ0n) is 10.7. The van der Waals surface area contributed by atoms with Crippen LogP contribution in [0.1, 0.15) is 34.2 Å². The molecule has 0 aliphatic rings. The van der Waals surface area contributed by atoms with E-state index in [0.29, 0.717) is 27.3 Å². The summed E-state index contributed by atoms with van der Waals surface area (Å²) in [6.07, 6.45) is 0. The molecular formula is C14H13ClO3. The van der Waals surface area contributed by atoms with Crippen molar-refractivity contribution in [2.75, 3.05) is 0 Å². The lowest BCUT2D eigenvalue weighted by Crippen LogP contribution is -2.16. The van der Waals surface area contributed by atoms with Crippen molar-refractivity contribution in [3.8, 4) is 0 Å². The van der Waals surface area contributed by atoms with Gasteiger partial charge in [0.25, 0.3) is 0 Å². The van der Waals surface area contributed by atoms with E-state index < -0.39 is 0 Å². The molecule has 3 nitrogen and oxygen atoms in total. The molecule has 0 N–H and O–H groups in total. The second kappa shape index (κ2) is 4.25. The fourth-order valence-corrected chi connectivity index (χ4v) is 2.34. The highest BCUT2D eigenvalue weighted by Crippen LogP contribution is 2.28. The second-order valence-corrected chi connectivity index (χ2v) is 4.80. The molecule has 0 amide bonds. The lowest BCUT2D eigenvalue weighted by atomic mass is 10.0. The number of fused-ring (bicyclic) bond motifs is 1. The molecule has 0 fully saturated rings. The molecule has 0 atom stereocenters. The molecule has 1 aromatic heterocycles. The molecule has 0 aliphatic carbocycles. The molecule has 0 unspecified atom stereocenters. The molecular weight excluding hydrogens is 252 g/mol. The Hall–Kier alpha value is -1.61. The largest absolute Gasteiger partial charge is 0.460 e. The van der Waals surface area contributed by atoms with Crippen molar-refractivity contribution in [2.45, 2.75) is 27.7 Å². The summed E-state index contributed by atoms with van der Waals surface area (Å²) in [5.74, 6) is 0.0559. The van der Waals surface area contributed by atoms with Gasteiger partial charge in [-0.25, -0.2) is 0 Å². The normalized spacial score (nSPS) is 10.9. The summed E-state index contributed by atoms with van der Waals surface area (Å²) in [5.41, 5.74) is 1.77. The summed E-state index contributed by atoms with van der Waals surface area (Å²) in [4.78, 5) is 23.8. The van der Waals surface area contributed by atoms with E-state index in [1.165, 1.54) is 6.92 Å². The Morgan fingerprint density at radius 1 is 1.28 bits per heavy atom. The van der Waals surface area contributed by atoms with Gasteiger partial charge >= 0.3 is 0 Å². The number of carbonyl (C=O) groups is 1. The summed E-state index contributed by atoms with van der Waals surface area (Å²) >= 11 is 6.13. The maximum absolute atomic E-state index is 12.3. The smallest absolute Gasteiger partial charge is 0.204 e.